The highest BCUT2D eigenvalue weighted by atomic mass is 16.5. The number of methoxy groups -OCH3 is 1. The molecule has 0 N–H and O–H groups in total. The van der Waals surface area contributed by atoms with Crippen molar-refractivity contribution in [2.45, 2.75) is 39.5 Å². The predicted molar refractivity (Wildman–Crippen MR) is 52.3 cm³/mol. The number of carbonyl (C=O) groups excluding carboxylic acids is 1. The van der Waals surface area contributed by atoms with E-state index in [-0.39, 0.29) is 11.9 Å². The molecule has 13 heavy (non-hydrogen) atoms. The molecular weight excluding hydrogens is 164 g/mol. The van der Waals surface area contributed by atoms with E-state index in [0.717, 1.165) is 18.8 Å². The molecule has 0 aromatic heterocycles. The van der Waals surface area contributed by atoms with Crippen LogP contribution in [0.3, 0.4) is 0 Å². The molecule has 3 unspecified atom stereocenters. The highest BCUT2D eigenvalue weighted by Crippen LogP contribution is 2.40. The molecule has 1 aliphatic rings. The molecule has 1 aliphatic carbocycles. The second-order valence-electron chi connectivity index (χ2n) is 4.04. The molecule has 0 bridgehead atoms. The van der Waals surface area contributed by atoms with Gasteiger partial charge in [-0.2, -0.15) is 0 Å². The van der Waals surface area contributed by atoms with Gasteiger partial charge in [-0.3, -0.25) is 4.79 Å². The van der Waals surface area contributed by atoms with Gasteiger partial charge < -0.3 is 4.74 Å². The minimum absolute atomic E-state index is 0.00259. The van der Waals surface area contributed by atoms with Crippen molar-refractivity contribution in [1.29, 1.82) is 0 Å². The van der Waals surface area contributed by atoms with Crippen LogP contribution in [-0.2, 0) is 9.53 Å². The Kier molecular flexibility index (Phi) is 3.76. The summed E-state index contributed by atoms with van der Waals surface area (Å²) in [4.78, 5) is 11.4. The fourth-order valence-corrected chi connectivity index (χ4v) is 2.46. The molecule has 1 fully saturated rings. The Balaban J connectivity index is 2.57. The lowest BCUT2D eigenvalue weighted by Crippen LogP contribution is -2.19. The Hall–Kier alpha value is -0.530. The molecule has 0 radical (unpaired) electrons. The molecule has 0 heterocycles. The normalized spacial score (nSPS) is 33.3. The summed E-state index contributed by atoms with van der Waals surface area (Å²) < 4.78 is 4.82. The fourth-order valence-electron chi connectivity index (χ4n) is 2.46. The SMILES string of the molecule is CCC1CC(CC)C(C(=O)OC)C1. The monoisotopic (exact) mass is 184 g/mol. The molecule has 2 heteroatoms. The molecule has 0 aromatic carbocycles. The van der Waals surface area contributed by atoms with E-state index in [9.17, 15) is 4.79 Å². The van der Waals surface area contributed by atoms with E-state index < -0.39 is 0 Å². The molecule has 0 spiro atoms. The second kappa shape index (κ2) is 4.64. The van der Waals surface area contributed by atoms with Crippen LogP contribution in [0.25, 0.3) is 0 Å². The van der Waals surface area contributed by atoms with Crippen LogP contribution < -0.4 is 0 Å². The Labute approximate surface area is 80.7 Å². The third kappa shape index (κ3) is 2.23. The van der Waals surface area contributed by atoms with Gasteiger partial charge in [-0.1, -0.05) is 26.7 Å². The number of ether oxygens (including phenoxy) is 1. The van der Waals surface area contributed by atoms with Gasteiger partial charge in [0.15, 0.2) is 0 Å². The average Bonchev–Trinajstić information content (AvgIpc) is 2.59. The first-order valence-corrected chi connectivity index (χ1v) is 5.30. The second-order valence-corrected chi connectivity index (χ2v) is 4.04. The van der Waals surface area contributed by atoms with Gasteiger partial charge in [-0.05, 0) is 24.7 Å². The van der Waals surface area contributed by atoms with Crippen molar-refractivity contribution in [3.63, 3.8) is 0 Å². The molecule has 1 saturated carbocycles. The molecule has 3 atom stereocenters. The molecule has 76 valence electrons. The molecule has 0 aliphatic heterocycles. The Morgan fingerprint density at radius 2 is 2.00 bits per heavy atom. The van der Waals surface area contributed by atoms with Crippen LogP contribution in [-0.4, -0.2) is 13.1 Å². The molecule has 0 saturated heterocycles. The first-order chi connectivity index (χ1) is 6.22. The summed E-state index contributed by atoms with van der Waals surface area (Å²) in [6, 6.07) is 0. The van der Waals surface area contributed by atoms with Crippen LogP contribution in [0.4, 0.5) is 0 Å². The third-order valence-corrected chi connectivity index (χ3v) is 3.40. The zero-order valence-electron chi connectivity index (χ0n) is 8.88. The van der Waals surface area contributed by atoms with Crippen molar-refractivity contribution in [1.82, 2.24) is 0 Å². The molecule has 1 rings (SSSR count). The summed E-state index contributed by atoms with van der Waals surface area (Å²) >= 11 is 0. The fraction of sp³-hybridized carbons (Fsp3) is 0.909. The summed E-state index contributed by atoms with van der Waals surface area (Å²) in [5.74, 6) is 1.49. The zero-order valence-corrected chi connectivity index (χ0v) is 8.88. The van der Waals surface area contributed by atoms with Crippen LogP contribution in [0.1, 0.15) is 39.5 Å². The lowest BCUT2D eigenvalue weighted by atomic mass is 9.94. The standard InChI is InChI=1S/C11H20O2/c1-4-8-6-9(5-2)10(7-8)11(12)13-3/h8-10H,4-7H2,1-3H3. The number of carbonyl (C=O) groups is 1. The minimum atomic E-state index is 0.00259. The smallest absolute Gasteiger partial charge is 0.308 e. The van der Waals surface area contributed by atoms with Gasteiger partial charge in [0.05, 0.1) is 13.0 Å². The van der Waals surface area contributed by atoms with E-state index in [1.165, 1.54) is 20.0 Å². The Bertz CT molecular complexity index is 177. The minimum Gasteiger partial charge on any atom is -0.469 e. The molecule has 0 aromatic rings. The maximum atomic E-state index is 11.4. The van der Waals surface area contributed by atoms with Crippen molar-refractivity contribution in [2.24, 2.45) is 17.8 Å². The van der Waals surface area contributed by atoms with Crippen molar-refractivity contribution < 1.29 is 9.53 Å². The topological polar surface area (TPSA) is 26.3 Å². The van der Waals surface area contributed by atoms with Gasteiger partial charge >= 0.3 is 5.97 Å². The van der Waals surface area contributed by atoms with Crippen LogP contribution in [0.15, 0.2) is 0 Å². The van der Waals surface area contributed by atoms with E-state index in [2.05, 4.69) is 13.8 Å². The van der Waals surface area contributed by atoms with Crippen molar-refractivity contribution in [3.8, 4) is 0 Å². The summed E-state index contributed by atoms with van der Waals surface area (Å²) in [6.07, 6.45) is 4.56. The van der Waals surface area contributed by atoms with Crippen LogP contribution >= 0.6 is 0 Å². The summed E-state index contributed by atoms with van der Waals surface area (Å²) in [6.45, 7) is 4.37. The summed E-state index contributed by atoms with van der Waals surface area (Å²) in [7, 11) is 1.49. The third-order valence-electron chi connectivity index (χ3n) is 3.40. The zero-order chi connectivity index (χ0) is 9.84. The highest BCUT2D eigenvalue weighted by Gasteiger charge is 2.37. The molecule has 0 amide bonds. The van der Waals surface area contributed by atoms with E-state index in [0.29, 0.717) is 5.92 Å². The Morgan fingerprint density at radius 3 is 2.46 bits per heavy atom. The Morgan fingerprint density at radius 1 is 1.31 bits per heavy atom. The maximum absolute atomic E-state index is 11.4. The van der Waals surface area contributed by atoms with E-state index in [4.69, 9.17) is 4.74 Å². The van der Waals surface area contributed by atoms with Gasteiger partial charge in [0.2, 0.25) is 0 Å². The lowest BCUT2D eigenvalue weighted by Gasteiger charge is -2.14. The van der Waals surface area contributed by atoms with Gasteiger partial charge in [-0.25, -0.2) is 0 Å². The predicted octanol–water partition coefficient (Wildman–Crippen LogP) is 2.62. The number of rotatable bonds is 3. The van der Waals surface area contributed by atoms with Gasteiger partial charge in [0.25, 0.3) is 0 Å². The van der Waals surface area contributed by atoms with E-state index >= 15 is 0 Å². The summed E-state index contributed by atoms with van der Waals surface area (Å²) in [5, 5.41) is 0. The lowest BCUT2D eigenvalue weighted by molar-refractivity contribution is -0.146. The van der Waals surface area contributed by atoms with Crippen LogP contribution in [0, 0.1) is 17.8 Å². The largest absolute Gasteiger partial charge is 0.469 e. The van der Waals surface area contributed by atoms with Gasteiger partial charge in [-0.15, -0.1) is 0 Å². The first-order valence-electron chi connectivity index (χ1n) is 5.30. The van der Waals surface area contributed by atoms with Crippen molar-refractivity contribution in [2.75, 3.05) is 7.11 Å². The quantitative estimate of drug-likeness (QED) is 0.630. The molecular formula is C11H20O2. The van der Waals surface area contributed by atoms with E-state index in [1.807, 2.05) is 0 Å². The van der Waals surface area contributed by atoms with E-state index in [1.54, 1.807) is 0 Å². The number of hydrogen-bond acceptors (Lipinski definition) is 2. The van der Waals surface area contributed by atoms with Gasteiger partial charge in [0.1, 0.15) is 0 Å². The van der Waals surface area contributed by atoms with Gasteiger partial charge in [0, 0.05) is 0 Å². The summed E-state index contributed by atoms with van der Waals surface area (Å²) in [5.41, 5.74) is 0. The van der Waals surface area contributed by atoms with Crippen molar-refractivity contribution >= 4 is 5.97 Å². The molecule has 2 nitrogen and oxygen atoms in total. The van der Waals surface area contributed by atoms with Crippen LogP contribution in [0.5, 0.6) is 0 Å². The highest BCUT2D eigenvalue weighted by molar-refractivity contribution is 5.73. The first kappa shape index (κ1) is 10.6. The average molecular weight is 184 g/mol. The van der Waals surface area contributed by atoms with Crippen LogP contribution in [0.2, 0.25) is 0 Å². The number of hydrogen-bond donors (Lipinski definition) is 0. The number of esters is 1. The maximum Gasteiger partial charge on any atom is 0.308 e. The van der Waals surface area contributed by atoms with Crippen molar-refractivity contribution in [3.05, 3.63) is 0 Å².